The maximum atomic E-state index is 15.2. The molecule has 0 aliphatic carbocycles. The Labute approximate surface area is 195 Å². The second-order valence-electron chi connectivity index (χ2n) is 7.77. The van der Waals surface area contributed by atoms with E-state index in [0.717, 1.165) is 28.3 Å². The molecule has 0 bridgehead atoms. The molecule has 1 N–H and O–H groups in total. The summed E-state index contributed by atoms with van der Waals surface area (Å²) in [6.45, 7) is -0.354. The van der Waals surface area contributed by atoms with E-state index in [1.54, 1.807) is 18.2 Å². The van der Waals surface area contributed by atoms with Gasteiger partial charge in [0.15, 0.2) is 0 Å². The quantitative estimate of drug-likeness (QED) is 0.401. The minimum Gasteiger partial charge on any atom is -0.479 e. The summed E-state index contributed by atoms with van der Waals surface area (Å²) < 4.78 is 52.0. The summed E-state index contributed by atoms with van der Waals surface area (Å²) in [5, 5.41) is 13.8. The zero-order chi connectivity index (χ0) is 24.9. The average Bonchev–Trinajstić information content (AvgIpc) is 3.22. The number of ether oxygens (including phenoxy) is 1. The molecule has 2 aromatic heterocycles. The average molecular weight is 479 g/mol. The third-order valence-electron chi connectivity index (χ3n) is 5.72. The molecule has 35 heavy (non-hydrogen) atoms. The summed E-state index contributed by atoms with van der Waals surface area (Å²) in [5.41, 5.74) is -1.23. The largest absolute Gasteiger partial charge is 0.479 e. The van der Waals surface area contributed by atoms with E-state index in [0.29, 0.717) is 17.1 Å². The Bertz CT molecular complexity index is 1710. The molecule has 10 heteroatoms. The van der Waals surface area contributed by atoms with Crippen molar-refractivity contribution in [2.24, 2.45) is 0 Å². The topological polar surface area (TPSA) is 86.3 Å². The minimum absolute atomic E-state index is 0.0575. The molecular formula is C25H16F3N3O4. The zero-order valence-electron chi connectivity index (χ0n) is 18.1. The smallest absolute Gasteiger partial charge is 0.341 e. The van der Waals surface area contributed by atoms with Crippen LogP contribution in [-0.2, 0) is 6.54 Å². The van der Waals surface area contributed by atoms with E-state index < -0.39 is 45.3 Å². The van der Waals surface area contributed by atoms with Crippen molar-refractivity contribution in [3.63, 3.8) is 0 Å². The standard InChI is InChI=1S/C25H16F3N3O4/c1-35-24-15-4-2-3-5-20(15)31(29-24)14-7-6-13(19(28)10-14)11-30-12-16(25(33)34)23(32)21-17(26)8-9-18(27)22(21)30/h2-10,12H,11H2,1H3,(H,33,34). The zero-order valence-corrected chi connectivity index (χ0v) is 18.1. The predicted molar refractivity (Wildman–Crippen MR) is 122 cm³/mol. The van der Waals surface area contributed by atoms with Crippen LogP contribution >= 0.6 is 0 Å². The Kier molecular flexibility index (Phi) is 5.28. The number of carboxylic acid groups (broad SMARTS) is 1. The first-order chi connectivity index (χ1) is 16.8. The molecule has 0 fully saturated rings. The Morgan fingerprint density at radius 1 is 1.03 bits per heavy atom. The Morgan fingerprint density at radius 3 is 2.49 bits per heavy atom. The highest BCUT2D eigenvalue weighted by Crippen LogP contribution is 2.28. The number of pyridine rings is 1. The Hall–Kier alpha value is -4.60. The van der Waals surface area contributed by atoms with E-state index in [1.807, 2.05) is 12.1 Å². The third kappa shape index (κ3) is 3.59. The van der Waals surface area contributed by atoms with Crippen molar-refractivity contribution in [1.29, 1.82) is 0 Å². The molecule has 5 aromatic rings. The van der Waals surface area contributed by atoms with Gasteiger partial charge in [-0.3, -0.25) is 4.79 Å². The van der Waals surface area contributed by atoms with Crippen LogP contribution in [0.5, 0.6) is 5.88 Å². The van der Waals surface area contributed by atoms with Gasteiger partial charge in [-0.05, 0) is 36.4 Å². The number of halogens is 3. The fraction of sp³-hybridized carbons (Fsp3) is 0.0800. The lowest BCUT2D eigenvalue weighted by Crippen LogP contribution is -2.21. The molecule has 7 nitrogen and oxygen atoms in total. The van der Waals surface area contributed by atoms with Crippen molar-refractivity contribution in [3.8, 4) is 11.6 Å². The molecule has 2 heterocycles. The van der Waals surface area contributed by atoms with Gasteiger partial charge in [0.2, 0.25) is 11.3 Å². The number of methoxy groups -OCH3 is 1. The van der Waals surface area contributed by atoms with Crippen molar-refractivity contribution < 1.29 is 27.8 Å². The second kappa shape index (κ2) is 8.32. The minimum atomic E-state index is -1.61. The van der Waals surface area contributed by atoms with Gasteiger partial charge in [-0.15, -0.1) is 5.10 Å². The molecular weight excluding hydrogens is 463 g/mol. The van der Waals surface area contributed by atoms with Gasteiger partial charge in [0.25, 0.3) is 0 Å². The van der Waals surface area contributed by atoms with Gasteiger partial charge in [0.05, 0.1) is 41.1 Å². The van der Waals surface area contributed by atoms with Gasteiger partial charge in [-0.25, -0.2) is 22.6 Å². The molecule has 176 valence electrons. The monoisotopic (exact) mass is 479 g/mol. The fourth-order valence-electron chi connectivity index (χ4n) is 4.09. The first kappa shape index (κ1) is 22.2. The van der Waals surface area contributed by atoms with Crippen molar-refractivity contribution >= 4 is 27.8 Å². The normalized spacial score (nSPS) is 11.3. The number of carbonyl (C=O) groups is 1. The van der Waals surface area contributed by atoms with Crippen LogP contribution in [0.25, 0.3) is 27.5 Å². The van der Waals surface area contributed by atoms with E-state index in [2.05, 4.69) is 5.10 Å². The van der Waals surface area contributed by atoms with E-state index >= 15 is 4.39 Å². The van der Waals surface area contributed by atoms with Crippen molar-refractivity contribution in [2.75, 3.05) is 7.11 Å². The highest BCUT2D eigenvalue weighted by molar-refractivity contribution is 5.93. The van der Waals surface area contributed by atoms with Crippen LogP contribution in [0.4, 0.5) is 13.2 Å². The SMILES string of the molecule is COc1nn(-c2ccc(Cn3cc(C(=O)O)c(=O)c4c(F)ccc(F)c43)c(F)c2)c2ccccc12. The van der Waals surface area contributed by atoms with Gasteiger partial charge in [0, 0.05) is 11.8 Å². The molecule has 0 spiro atoms. The Balaban J connectivity index is 1.63. The number of aromatic nitrogens is 3. The number of aromatic carboxylic acids is 1. The van der Waals surface area contributed by atoms with Gasteiger partial charge in [0.1, 0.15) is 23.0 Å². The number of rotatable bonds is 5. The molecule has 0 saturated heterocycles. The maximum Gasteiger partial charge on any atom is 0.341 e. The lowest BCUT2D eigenvalue weighted by molar-refractivity contribution is 0.0695. The lowest BCUT2D eigenvalue weighted by atomic mass is 10.1. The highest BCUT2D eigenvalue weighted by atomic mass is 19.1. The summed E-state index contributed by atoms with van der Waals surface area (Å²) in [5.74, 6) is -3.95. The molecule has 0 aliphatic rings. The number of nitrogens with zero attached hydrogens (tertiary/aromatic N) is 3. The van der Waals surface area contributed by atoms with Crippen LogP contribution in [0.2, 0.25) is 0 Å². The molecule has 0 unspecified atom stereocenters. The predicted octanol–water partition coefficient (Wildman–Crippen LogP) is 4.51. The van der Waals surface area contributed by atoms with E-state index in [1.165, 1.54) is 23.9 Å². The molecule has 0 saturated carbocycles. The fourth-order valence-corrected chi connectivity index (χ4v) is 4.09. The second-order valence-corrected chi connectivity index (χ2v) is 7.77. The van der Waals surface area contributed by atoms with Crippen LogP contribution < -0.4 is 10.2 Å². The van der Waals surface area contributed by atoms with Crippen LogP contribution in [0.15, 0.2) is 65.6 Å². The summed E-state index contributed by atoms with van der Waals surface area (Å²) in [6.07, 6.45) is 0.884. The molecule has 5 rings (SSSR count). The molecule has 0 atom stereocenters. The van der Waals surface area contributed by atoms with Gasteiger partial charge in [-0.2, -0.15) is 0 Å². The van der Waals surface area contributed by atoms with E-state index in [9.17, 15) is 23.5 Å². The summed E-state index contributed by atoms with van der Waals surface area (Å²) >= 11 is 0. The number of para-hydroxylation sites is 1. The maximum absolute atomic E-state index is 15.2. The molecule has 0 radical (unpaired) electrons. The summed E-state index contributed by atoms with van der Waals surface area (Å²) in [4.78, 5) is 24.0. The van der Waals surface area contributed by atoms with E-state index in [4.69, 9.17) is 4.74 Å². The number of carboxylic acids is 1. The van der Waals surface area contributed by atoms with Gasteiger partial charge < -0.3 is 14.4 Å². The summed E-state index contributed by atoms with van der Waals surface area (Å²) in [6, 6.07) is 13.0. The van der Waals surface area contributed by atoms with Crippen LogP contribution in [-0.4, -0.2) is 32.5 Å². The lowest BCUT2D eigenvalue weighted by Gasteiger charge is -2.15. The van der Waals surface area contributed by atoms with Crippen LogP contribution in [0.1, 0.15) is 15.9 Å². The first-order valence-electron chi connectivity index (χ1n) is 10.3. The third-order valence-corrected chi connectivity index (χ3v) is 5.72. The van der Waals surface area contributed by atoms with Crippen LogP contribution in [0, 0.1) is 17.5 Å². The summed E-state index contributed by atoms with van der Waals surface area (Å²) in [7, 11) is 1.48. The van der Waals surface area contributed by atoms with Crippen molar-refractivity contribution in [1.82, 2.24) is 14.3 Å². The first-order valence-corrected chi connectivity index (χ1v) is 10.3. The molecule has 0 aliphatic heterocycles. The highest BCUT2D eigenvalue weighted by Gasteiger charge is 2.21. The van der Waals surface area contributed by atoms with Gasteiger partial charge in [-0.1, -0.05) is 18.2 Å². The molecule has 0 amide bonds. The number of hydrogen-bond acceptors (Lipinski definition) is 4. The van der Waals surface area contributed by atoms with Crippen molar-refractivity contribution in [2.45, 2.75) is 6.54 Å². The number of benzene rings is 3. The van der Waals surface area contributed by atoms with Crippen LogP contribution in [0.3, 0.4) is 0 Å². The van der Waals surface area contributed by atoms with Crippen molar-refractivity contribution in [3.05, 3.63) is 99.6 Å². The van der Waals surface area contributed by atoms with Gasteiger partial charge >= 0.3 is 5.97 Å². The number of fused-ring (bicyclic) bond motifs is 2. The Morgan fingerprint density at radius 2 is 1.77 bits per heavy atom. The molecule has 3 aromatic carbocycles. The van der Waals surface area contributed by atoms with E-state index in [-0.39, 0.29) is 12.1 Å². The number of hydrogen-bond donors (Lipinski definition) is 1.